The Morgan fingerprint density at radius 3 is 1.78 bits per heavy atom. The number of fused-ring (bicyclic) bond motifs is 2. The van der Waals surface area contributed by atoms with Crippen molar-refractivity contribution in [3.8, 4) is 28.0 Å². The van der Waals surface area contributed by atoms with Gasteiger partial charge in [-0.05, 0) is 74.0 Å². The fraction of sp³-hybridized carbons (Fsp3) is 0.0556. The molecule has 180 valence electrons. The zero-order valence-electron chi connectivity index (χ0n) is 21.2. The molecule has 5 aromatic carbocycles. The van der Waals surface area contributed by atoms with Crippen LogP contribution in [-0.4, -0.2) is 0 Å². The molecule has 0 atom stereocenters. The van der Waals surface area contributed by atoms with E-state index in [1.807, 2.05) is 6.07 Å². The minimum absolute atomic E-state index is 0.504. The van der Waals surface area contributed by atoms with E-state index in [1.165, 1.54) is 38.2 Å². The lowest BCUT2D eigenvalue weighted by atomic mass is 9.85. The van der Waals surface area contributed by atoms with Gasteiger partial charge in [0, 0.05) is 5.56 Å². The molecule has 0 aromatic heterocycles. The summed E-state index contributed by atoms with van der Waals surface area (Å²) >= 11 is 0. The Hall–Kier alpha value is -4.62. The van der Waals surface area contributed by atoms with Crippen molar-refractivity contribution in [3.63, 3.8) is 0 Å². The van der Waals surface area contributed by atoms with E-state index >= 15 is 0 Å². The van der Waals surface area contributed by atoms with Crippen molar-refractivity contribution in [2.24, 2.45) is 0 Å². The second-order valence-corrected chi connectivity index (χ2v) is 9.03. The summed E-state index contributed by atoms with van der Waals surface area (Å²) in [5.41, 5.74) is 6.62. The normalized spacial score (nSPS) is 11.2. The quantitative estimate of drug-likeness (QED) is 0.122. The molecule has 0 aliphatic heterocycles. The zero-order chi connectivity index (χ0) is 25.8. The van der Waals surface area contributed by atoms with E-state index in [9.17, 15) is 0 Å². The Morgan fingerprint density at radius 2 is 1.24 bits per heavy atom. The van der Waals surface area contributed by atoms with Crippen LogP contribution in [-0.2, 0) is 0 Å². The van der Waals surface area contributed by atoms with Crippen LogP contribution < -0.4 is 4.74 Å². The van der Waals surface area contributed by atoms with Gasteiger partial charge in [-0.15, -0.1) is 0 Å². The summed E-state index contributed by atoms with van der Waals surface area (Å²) in [6, 6.07) is 34.3. The van der Waals surface area contributed by atoms with Crippen LogP contribution in [0.3, 0.4) is 0 Å². The van der Waals surface area contributed by atoms with Gasteiger partial charge >= 0.3 is 0 Å². The van der Waals surface area contributed by atoms with Crippen LogP contribution in [0.1, 0.15) is 18.9 Å². The molecule has 0 N–H and O–H groups in total. The maximum atomic E-state index is 6.03. The fourth-order valence-corrected chi connectivity index (χ4v) is 4.91. The first-order valence-electron chi connectivity index (χ1n) is 12.6. The molecule has 0 bridgehead atoms. The number of ether oxygens (including phenoxy) is 1. The van der Waals surface area contributed by atoms with Crippen LogP contribution >= 0.6 is 0 Å². The van der Waals surface area contributed by atoms with Crippen molar-refractivity contribution in [1.29, 1.82) is 0 Å². The lowest BCUT2D eigenvalue weighted by Gasteiger charge is -2.19. The molecule has 0 saturated heterocycles. The number of benzene rings is 5. The molecular weight excluding hydrogens is 448 g/mol. The molecule has 0 spiro atoms. The Bertz CT molecular complexity index is 1610. The highest BCUT2D eigenvalue weighted by molar-refractivity contribution is 6.21. The SMILES string of the molecule is C=CC(=C)Oc1ccc(-c2c3ccccc3c(-c3ccccc3)c3ccccc23)cc1C(=C)/C=C\CC. The Balaban J connectivity index is 1.83. The van der Waals surface area contributed by atoms with E-state index < -0.39 is 0 Å². The van der Waals surface area contributed by atoms with Crippen LogP contribution in [0.4, 0.5) is 0 Å². The maximum Gasteiger partial charge on any atom is 0.135 e. The van der Waals surface area contributed by atoms with Gasteiger partial charge in [-0.3, -0.25) is 0 Å². The standard InChI is InChI=1S/C36H30O/c1-5-7-15-25(3)33-24-28(22-23-34(33)37-26(4)6-2)36-31-20-13-11-18-29(31)35(27-16-9-8-10-17-27)30-19-12-14-21-32(30)36/h6-24H,2-5H2,1H3/b15-7-. The second-order valence-electron chi connectivity index (χ2n) is 9.03. The van der Waals surface area contributed by atoms with Crippen molar-refractivity contribution in [1.82, 2.24) is 0 Å². The third-order valence-electron chi connectivity index (χ3n) is 6.63. The molecule has 5 aromatic rings. The average Bonchev–Trinajstić information content (AvgIpc) is 2.95. The van der Waals surface area contributed by atoms with E-state index in [0.717, 1.165) is 23.1 Å². The Labute approximate surface area is 219 Å². The number of hydrogen-bond acceptors (Lipinski definition) is 1. The van der Waals surface area contributed by atoms with E-state index in [2.05, 4.69) is 130 Å². The van der Waals surface area contributed by atoms with Crippen molar-refractivity contribution >= 4 is 27.1 Å². The number of rotatable bonds is 8. The summed E-state index contributed by atoms with van der Waals surface area (Å²) in [5.74, 6) is 1.22. The molecule has 0 radical (unpaired) electrons. The highest BCUT2D eigenvalue weighted by atomic mass is 16.5. The summed E-state index contributed by atoms with van der Waals surface area (Å²) in [7, 11) is 0. The van der Waals surface area contributed by atoms with Crippen LogP contribution in [0, 0.1) is 0 Å². The molecule has 0 heterocycles. The van der Waals surface area contributed by atoms with E-state index in [0.29, 0.717) is 11.5 Å². The van der Waals surface area contributed by atoms with Crippen LogP contribution in [0.2, 0.25) is 0 Å². The molecular formula is C36H30O. The van der Waals surface area contributed by atoms with Gasteiger partial charge in [0.05, 0.1) is 0 Å². The third-order valence-corrected chi connectivity index (χ3v) is 6.63. The largest absolute Gasteiger partial charge is 0.457 e. The molecule has 1 nitrogen and oxygen atoms in total. The minimum Gasteiger partial charge on any atom is -0.457 e. The predicted molar refractivity (Wildman–Crippen MR) is 161 cm³/mol. The monoisotopic (exact) mass is 478 g/mol. The third kappa shape index (κ3) is 4.64. The Kier molecular flexibility index (Phi) is 6.87. The van der Waals surface area contributed by atoms with E-state index in [1.54, 1.807) is 6.08 Å². The smallest absolute Gasteiger partial charge is 0.135 e. The average molecular weight is 479 g/mol. The van der Waals surface area contributed by atoms with Crippen molar-refractivity contribution < 1.29 is 4.74 Å². The summed E-state index contributed by atoms with van der Waals surface area (Å²) < 4.78 is 6.03. The lowest BCUT2D eigenvalue weighted by molar-refractivity contribution is 0.446. The molecule has 0 aliphatic carbocycles. The lowest BCUT2D eigenvalue weighted by Crippen LogP contribution is -1.96. The predicted octanol–water partition coefficient (Wildman–Crippen LogP) is 10.4. The van der Waals surface area contributed by atoms with Gasteiger partial charge in [0.25, 0.3) is 0 Å². The van der Waals surface area contributed by atoms with Crippen LogP contribution in [0.15, 0.2) is 141 Å². The molecule has 5 rings (SSSR count). The fourth-order valence-electron chi connectivity index (χ4n) is 4.91. The van der Waals surface area contributed by atoms with Crippen LogP contribution in [0.25, 0.3) is 49.4 Å². The van der Waals surface area contributed by atoms with E-state index in [-0.39, 0.29) is 0 Å². The zero-order valence-corrected chi connectivity index (χ0v) is 21.2. The summed E-state index contributed by atoms with van der Waals surface area (Å²) in [6.07, 6.45) is 6.72. The van der Waals surface area contributed by atoms with Gasteiger partial charge in [-0.1, -0.05) is 124 Å². The minimum atomic E-state index is 0.504. The molecule has 37 heavy (non-hydrogen) atoms. The van der Waals surface area contributed by atoms with Gasteiger partial charge in [0.1, 0.15) is 11.5 Å². The highest BCUT2D eigenvalue weighted by Crippen LogP contribution is 2.44. The number of hydrogen-bond donors (Lipinski definition) is 0. The van der Waals surface area contributed by atoms with E-state index in [4.69, 9.17) is 4.74 Å². The number of allylic oxidation sites excluding steroid dienone is 4. The van der Waals surface area contributed by atoms with Gasteiger partial charge in [0.2, 0.25) is 0 Å². The molecule has 1 heteroatoms. The van der Waals surface area contributed by atoms with Gasteiger partial charge in [-0.2, -0.15) is 0 Å². The molecule has 0 unspecified atom stereocenters. The first-order valence-corrected chi connectivity index (χ1v) is 12.6. The van der Waals surface area contributed by atoms with Crippen molar-refractivity contribution in [2.45, 2.75) is 13.3 Å². The Morgan fingerprint density at radius 1 is 0.703 bits per heavy atom. The van der Waals surface area contributed by atoms with Crippen molar-refractivity contribution in [3.05, 3.63) is 146 Å². The second kappa shape index (κ2) is 10.6. The highest BCUT2D eigenvalue weighted by Gasteiger charge is 2.18. The molecule has 0 fully saturated rings. The molecule has 0 saturated carbocycles. The summed E-state index contributed by atoms with van der Waals surface area (Å²) in [6.45, 7) is 14.2. The topological polar surface area (TPSA) is 9.23 Å². The maximum absolute atomic E-state index is 6.03. The van der Waals surface area contributed by atoms with Gasteiger partial charge < -0.3 is 4.74 Å². The van der Waals surface area contributed by atoms with Crippen LogP contribution in [0.5, 0.6) is 5.75 Å². The van der Waals surface area contributed by atoms with Gasteiger partial charge in [-0.25, -0.2) is 0 Å². The molecule has 0 aliphatic rings. The molecule has 0 amide bonds. The summed E-state index contributed by atoms with van der Waals surface area (Å²) in [5, 5.41) is 4.89. The van der Waals surface area contributed by atoms with Crippen molar-refractivity contribution in [2.75, 3.05) is 0 Å². The summed E-state index contributed by atoms with van der Waals surface area (Å²) in [4.78, 5) is 0. The first-order chi connectivity index (χ1) is 18.1. The first kappa shape index (κ1) is 24.1. The van der Waals surface area contributed by atoms with Gasteiger partial charge in [0.15, 0.2) is 0 Å².